The van der Waals surface area contributed by atoms with Crippen molar-refractivity contribution in [3.8, 4) is 23.0 Å². The number of benzene rings is 3. The van der Waals surface area contributed by atoms with Gasteiger partial charge >= 0.3 is 5.97 Å². The predicted octanol–water partition coefficient (Wildman–Crippen LogP) is 5.45. The Balaban J connectivity index is 1.68. The first-order valence-electron chi connectivity index (χ1n) is 11.3. The van der Waals surface area contributed by atoms with E-state index in [4.69, 9.17) is 9.47 Å². The van der Waals surface area contributed by atoms with Crippen molar-refractivity contribution in [2.45, 2.75) is 33.3 Å². The highest BCUT2D eigenvalue weighted by atomic mass is 16.5. The molecule has 0 spiro atoms. The number of ketones is 1. The third-order valence-corrected chi connectivity index (χ3v) is 6.04. The van der Waals surface area contributed by atoms with Gasteiger partial charge < -0.3 is 24.8 Å². The molecule has 35 heavy (non-hydrogen) atoms. The molecule has 3 aromatic rings. The van der Waals surface area contributed by atoms with E-state index in [1.165, 1.54) is 12.1 Å². The number of carbonyl (C=O) groups is 2. The zero-order chi connectivity index (χ0) is 25.4. The van der Waals surface area contributed by atoms with E-state index < -0.39 is 17.3 Å². The Kier molecular flexibility index (Phi) is 8.36. The van der Waals surface area contributed by atoms with Crippen molar-refractivity contribution < 1.29 is 34.4 Å². The summed E-state index contributed by atoms with van der Waals surface area (Å²) in [6, 6.07) is 20.6. The molecule has 184 valence electrons. The number of carbonyl (C=O) groups excluding carboxylic acids is 1. The van der Waals surface area contributed by atoms with Gasteiger partial charge in [0.05, 0.1) is 12.0 Å². The molecule has 0 saturated carbocycles. The average Bonchev–Trinajstić information content (AvgIpc) is 2.82. The minimum atomic E-state index is -1.21. The van der Waals surface area contributed by atoms with E-state index in [0.29, 0.717) is 24.5 Å². The van der Waals surface area contributed by atoms with Crippen LogP contribution >= 0.6 is 0 Å². The first kappa shape index (κ1) is 25.6. The number of ether oxygens (including phenoxy) is 2. The first-order chi connectivity index (χ1) is 16.7. The van der Waals surface area contributed by atoms with Gasteiger partial charge in [0.1, 0.15) is 18.1 Å². The zero-order valence-electron chi connectivity index (χ0n) is 19.8. The molecular formula is C28H30O7. The molecule has 1 unspecified atom stereocenters. The van der Waals surface area contributed by atoms with Crippen LogP contribution in [-0.4, -0.2) is 33.7 Å². The Labute approximate surface area is 204 Å². The summed E-state index contributed by atoms with van der Waals surface area (Å²) in [6.45, 7) is 3.70. The van der Waals surface area contributed by atoms with E-state index in [0.717, 1.165) is 11.6 Å². The second kappa shape index (κ2) is 11.4. The van der Waals surface area contributed by atoms with Gasteiger partial charge in [0.2, 0.25) is 0 Å². The third-order valence-electron chi connectivity index (χ3n) is 6.04. The predicted molar refractivity (Wildman–Crippen MR) is 131 cm³/mol. The number of Topliss-reactive ketones (excluding diaryl/α,β-unsaturated/α-hetero) is 1. The van der Waals surface area contributed by atoms with E-state index in [2.05, 4.69) is 0 Å². The molecule has 0 aromatic heterocycles. The van der Waals surface area contributed by atoms with Crippen molar-refractivity contribution >= 4 is 11.8 Å². The fourth-order valence-electron chi connectivity index (χ4n) is 3.73. The Morgan fingerprint density at radius 1 is 0.857 bits per heavy atom. The maximum atomic E-state index is 12.9. The van der Waals surface area contributed by atoms with E-state index in [9.17, 15) is 24.9 Å². The van der Waals surface area contributed by atoms with Gasteiger partial charge in [-0.05, 0) is 56.0 Å². The summed E-state index contributed by atoms with van der Waals surface area (Å²) in [5, 5.41) is 29.2. The average molecular weight is 479 g/mol. The number of phenolic OH excluding ortho intramolecular Hbond substituents is 2. The number of rotatable bonds is 12. The summed E-state index contributed by atoms with van der Waals surface area (Å²) >= 11 is 0. The maximum Gasteiger partial charge on any atom is 0.309 e. The highest BCUT2D eigenvalue weighted by Gasteiger charge is 2.38. The van der Waals surface area contributed by atoms with Crippen LogP contribution in [0.5, 0.6) is 23.0 Å². The lowest BCUT2D eigenvalue weighted by Crippen LogP contribution is -2.35. The van der Waals surface area contributed by atoms with Crippen LogP contribution in [0.15, 0.2) is 72.8 Å². The molecule has 0 heterocycles. The van der Waals surface area contributed by atoms with Crippen LogP contribution in [0.1, 0.15) is 42.6 Å². The highest BCUT2D eigenvalue weighted by molar-refractivity contribution is 5.97. The number of aromatic hydroxyl groups is 2. The molecule has 7 nitrogen and oxygen atoms in total. The Bertz CT molecular complexity index is 1130. The Morgan fingerprint density at radius 3 is 2.03 bits per heavy atom. The summed E-state index contributed by atoms with van der Waals surface area (Å²) < 4.78 is 11.9. The molecular weight excluding hydrogens is 448 g/mol. The normalized spacial score (nSPS) is 12.1. The van der Waals surface area contributed by atoms with Crippen molar-refractivity contribution in [1.29, 1.82) is 0 Å². The number of carboxylic acid groups (broad SMARTS) is 1. The molecule has 0 aliphatic heterocycles. The molecule has 0 amide bonds. The second-order valence-corrected chi connectivity index (χ2v) is 8.95. The SMILES string of the molecule is CC(C)(C(=O)O)C(CCOc1ccccc1OCc1ccccc1)CC(=O)c1cc(O)cc(O)c1. The Morgan fingerprint density at radius 2 is 1.43 bits per heavy atom. The van der Waals surface area contributed by atoms with Crippen molar-refractivity contribution in [3.63, 3.8) is 0 Å². The van der Waals surface area contributed by atoms with E-state index >= 15 is 0 Å². The lowest BCUT2D eigenvalue weighted by molar-refractivity contribution is -0.150. The van der Waals surface area contributed by atoms with Gasteiger partial charge in [0.25, 0.3) is 0 Å². The summed E-state index contributed by atoms with van der Waals surface area (Å²) in [5.74, 6) is -1.34. The van der Waals surface area contributed by atoms with Crippen molar-refractivity contribution in [2.24, 2.45) is 11.3 Å². The fourth-order valence-corrected chi connectivity index (χ4v) is 3.73. The number of hydrogen-bond donors (Lipinski definition) is 3. The molecule has 0 radical (unpaired) electrons. The van der Waals surface area contributed by atoms with E-state index in [1.807, 2.05) is 42.5 Å². The lowest BCUT2D eigenvalue weighted by Gasteiger charge is -2.30. The minimum Gasteiger partial charge on any atom is -0.508 e. The lowest BCUT2D eigenvalue weighted by atomic mass is 9.74. The van der Waals surface area contributed by atoms with E-state index in [1.54, 1.807) is 26.0 Å². The van der Waals surface area contributed by atoms with Crippen molar-refractivity contribution in [1.82, 2.24) is 0 Å². The molecule has 7 heteroatoms. The summed E-state index contributed by atoms with van der Waals surface area (Å²) in [7, 11) is 0. The molecule has 0 saturated heterocycles. The first-order valence-corrected chi connectivity index (χ1v) is 11.3. The Hall–Kier alpha value is -4.00. The van der Waals surface area contributed by atoms with Crippen LogP contribution in [0.25, 0.3) is 0 Å². The number of aliphatic carboxylic acids is 1. The number of hydrogen-bond acceptors (Lipinski definition) is 6. The van der Waals surface area contributed by atoms with Crippen molar-refractivity contribution in [3.05, 3.63) is 83.9 Å². The third kappa shape index (κ3) is 6.99. The van der Waals surface area contributed by atoms with Gasteiger partial charge in [-0.15, -0.1) is 0 Å². The van der Waals surface area contributed by atoms with Crippen LogP contribution < -0.4 is 9.47 Å². The largest absolute Gasteiger partial charge is 0.508 e. The molecule has 3 N–H and O–H groups in total. The molecule has 3 aromatic carbocycles. The minimum absolute atomic E-state index is 0.0856. The standard InChI is InChI=1S/C28H30O7/c1-28(2,27(32)33)21(16-24(31)20-14-22(29)17-23(30)15-20)12-13-34-25-10-6-7-11-26(25)35-18-19-8-4-3-5-9-19/h3-11,14-15,17,21,29-30H,12-13,16,18H2,1-2H3,(H,32,33). The van der Waals surface area contributed by atoms with Crippen molar-refractivity contribution in [2.75, 3.05) is 6.61 Å². The molecule has 0 aliphatic rings. The van der Waals surface area contributed by atoms with Crippen LogP contribution in [0.3, 0.4) is 0 Å². The van der Waals surface area contributed by atoms with Crippen LogP contribution in [-0.2, 0) is 11.4 Å². The quantitative estimate of drug-likeness (QED) is 0.297. The van der Waals surface area contributed by atoms with Gasteiger partial charge in [-0.2, -0.15) is 0 Å². The summed E-state index contributed by atoms with van der Waals surface area (Å²) in [5.41, 5.74) is -0.0716. The molecule has 3 rings (SSSR count). The molecule has 0 bridgehead atoms. The van der Waals surface area contributed by atoms with Gasteiger partial charge in [0.15, 0.2) is 17.3 Å². The van der Waals surface area contributed by atoms with Crippen LogP contribution in [0.2, 0.25) is 0 Å². The molecule has 0 aliphatic carbocycles. The van der Waals surface area contributed by atoms with Crippen LogP contribution in [0.4, 0.5) is 0 Å². The second-order valence-electron chi connectivity index (χ2n) is 8.95. The number of para-hydroxylation sites is 2. The highest BCUT2D eigenvalue weighted by Crippen LogP contribution is 2.35. The van der Waals surface area contributed by atoms with Gasteiger partial charge in [-0.1, -0.05) is 42.5 Å². The van der Waals surface area contributed by atoms with Gasteiger partial charge in [0, 0.05) is 18.1 Å². The summed E-state index contributed by atoms with van der Waals surface area (Å²) in [4.78, 5) is 24.8. The maximum absolute atomic E-state index is 12.9. The van der Waals surface area contributed by atoms with Crippen LogP contribution in [0, 0.1) is 11.3 Å². The van der Waals surface area contributed by atoms with Gasteiger partial charge in [-0.3, -0.25) is 9.59 Å². The number of carboxylic acids is 1. The topological polar surface area (TPSA) is 113 Å². The smallest absolute Gasteiger partial charge is 0.309 e. The summed E-state index contributed by atoms with van der Waals surface area (Å²) in [6.07, 6.45) is 0.209. The fraction of sp³-hybridized carbons (Fsp3) is 0.286. The zero-order valence-corrected chi connectivity index (χ0v) is 19.8. The van der Waals surface area contributed by atoms with Gasteiger partial charge in [-0.25, -0.2) is 0 Å². The van der Waals surface area contributed by atoms with E-state index in [-0.39, 0.29) is 35.9 Å². The monoisotopic (exact) mass is 478 g/mol. The molecule has 0 fully saturated rings. The molecule has 1 atom stereocenters. The number of phenols is 2.